The third-order valence-corrected chi connectivity index (χ3v) is 3.62. The van der Waals surface area contributed by atoms with Crippen molar-refractivity contribution in [1.82, 2.24) is 24.4 Å². The van der Waals surface area contributed by atoms with Gasteiger partial charge in [0.05, 0.1) is 11.4 Å². The monoisotopic (exact) mass is 373 g/mol. The first kappa shape index (κ1) is 15.0. The molecule has 3 aromatic heterocycles. The second-order valence-electron chi connectivity index (χ2n) is 4.75. The lowest BCUT2D eigenvalue weighted by molar-refractivity contribution is -0.142. The van der Waals surface area contributed by atoms with E-state index in [0.717, 1.165) is 10.6 Å². The van der Waals surface area contributed by atoms with Crippen molar-refractivity contribution < 1.29 is 13.2 Å². The van der Waals surface area contributed by atoms with Crippen LogP contribution in [-0.4, -0.2) is 24.4 Å². The Hall–Kier alpha value is -1.90. The maximum absolute atomic E-state index is 13.3. The van der Waals surface area contributed by atoms with Crippen molar-refractivity contribution in [3.8, 4) is 11.3 Å². The van der Waals surface area contributed by atoms with Gasteiger partial charge in [-0.15, -0.1) is 0 Å². The van der Waals surface area contributed by atoms with Crippen LogP contribution in [0, 0.1) is 6.92 Å². The highest BCUT2D eigenvalue weighted by molar-refractivity contribution is 9.10. The average molecular weight is 374 g/mol. The molecule has 3 aromatic rings. The molecule has 3 rings (SSSR count). The lowest BCUT2D eigenvalue weighted by Gasteiger charge is -2.10. The molecule has 0 aliphatic heterocycles. The molecule has 0 saturated carbocycles. The fraction of sp³-hybridized carbons (Fsp3) is 0.308. The van der Waals surface area contributed by atoms with E-state index in [9.17, 15) is 13.2 Å². The van der Waals surface area contributed by atoms with E-state index in [1.807, 2.05) is 6.92 Å². The van der Waals surface area contributed by atoms with E-state index >= 15 is 0 Å². The molecular weight excluding hydrogens is 363 g/mol. The summed E-state index contributed by atoms with van der Waals surface area (Å²) in [4.78, 5) is 4.27. The van der Waals surface area contributed by atoms with Crippen LogP contribution in [0.5, 0.6) is 0 Å². The normalized spacial score (nSPS) is 12.3. The van der Waals surface area contributed by atoms with Gasteiger partial charge in [0.25, 0.3) is 0 Å². The molecule has 0 aliphatic carbocycles. The van der Waals surface area contributed by atoms with Crippen molar-refractivity contribution >= 4 is 21.6 Å². The van der Waals surface area contributed by atoms with Crippen molar-refractivity contribution in [2.75, 3.05) is 0 Å². The van der Waals surface area contributed by atoms with Crippen LogP contribution < -0.4 is 0 Å². The van der Waals surface area contributed by atoms with Crippen LogP contribution in [0.15, 0.2) is 22.9 Å². The minimum Gasteiger partial charge on any atom is -0.272 e. The summed E-state index contributed by atoms with van der Waals surface area (Å²) in [7, 11) is 0. The van der Waals surface area contributed by atoms with Gasteiger partial charge in [-0.1, -0.05) is 0 Å². The highest BCUT2D eigenvalue weighted by Gasteiger charge is 2.35. The molecule has 116 valence electrons. The summed E-state index contributed by atoms with van der Waals surface area (Å²) >= 11 is 3.08. The minimum absolute atomic E-state index is 0.125. The summed E-state index contributed by atoms with van der Waals surface area (Å²) in [6.07, 6.45) is -2.84. The Kier molecular flexibility index (Phi) is 3.47. The zero-order chi connectivity index (χ0) is 16.1. The van der Waals surface area contributed by atoms with Gasteiger partial charge in [0.15, 0.2) is 11.3 Å². The molecule has 0 amide bonds. The Labute approximate surface area is 131 Å². The lowest BCUT2D eigenvalue weighted by atomic mass is 10.1. The van der Waals surface area contributed by atoms with Crippen LogP contribution in [0.25, 0.3) is 16.9 Å². The van der Waals surface area contributed by atoms with Gasteiger partial charge in [0.2, 0.25) is 0 Å². The molecule has 0 unspecified atom stereocenters. The number of aromatic nitrogens is 5. The van der Waals surface area contributed by atoms with Gasteiger partial charge >= 0.3 is 6.18 Å². The topological polar surface area (TPSA) is 48.0 Å². The number of halogens is 4. The zero-order valence-corrected chi connectivity index (χ0v) is 13.3. The summed E-state index contributed by atoms with van der Waals surface area (Å²) in [5, 5.41) is 8.03. The molecule has 22 heavy (non-hydrogen) atoms. The van der Waals surface area contributed by atoms with E-state index in [4.69, 9.17) is 0 Å². The van der Waals surface area contributed by atoms with Gasteiger partial charge in [-0.25, -0.2) is 9.50 Å². The van der Waals surface area contributed by atoms with Crippen molar-refractivity contribution in [2.45, 2.75) is 26.6 Å². The molecule has 0 atom stereocenters. The summed E-state index contributed by atoms with van der Waals surface area (Å²) in [5.74, 6) is 0. The standard InChI is InChI=1S/C13H11BrF3N5/c1-3-21-6-8(7(2)19-21)9-4-10(13(15,16)17)22-12(18-9)5-11(14)20-22/h4-6H,3H2,1-2H3. The predicted octanol–water partition coefficient (Wildman–Crippen LogP) is 3.70. The summed E-state index contributed by atoms with van der Waals surface area (Å²) in [5.41, 5.74) is 0.684. The minimum atomic E-state index is -4.53. The summed E-state index contributed by atoms with van der Waals surface area (Å²) in [6.45, 7) is 4.28. The van der Waals surface area contributed by atoms with Crippen molar-refractivity contribution in [2.24, 2.45) is 0 Å². The van der Waals surface area contributed by atoms with Gasteiger partial charge in [-0.05, 0) is 35.8 Å². The molecule has 3 heterocycles. The van der Waals surface area contributed by atoms with Crippen molar-refractivity contribution in [1.29, 1.82) is 0 Å². The number of aryl methyl sites for hydroxylation is 2. The first-order chi connectivity index (χ1) is 10.3. The second-order valence-corrected chi connectivity index (χ2v) is 5.56. The molecule has 0 bridgehead atoms. The number of nitrogens with zero attached hydrogens (tertiary/aromatic N) is 5. The van der Waals surface area contributed by atoms with Crippen molar-refractivity contribution in [3.63, 3.8) is 0 Å². The molecule has 0 radical (unpaired) electrons. The average Bonchev–Trinajstić information content (AvgIpc) is 2.97. The number of alkyl halides is 3. The van der Waals surface area contributed by atoms with Gasteiger partial charge in [-0.3, -0.25) is 4.68 Å². The smallest absolute Gasteiger partial charge is 0.272 e. The molecule has 0 spiro atoms. The van der Waals surface area contributed by atoms with Crippen LogP contribution in [0.4, 0.5) is 13.2 Å². The molecule has 0 aliphatic rings. The number of rotatable bonds is 2. The van der Waals surface area contributed by atoms with Crippen molar-refractivity contribution in [3.05, 3.63) is 34.3 Å². The predicted molar refractivity (Wildman–Crippen MR) is 77.3 cm³/mol. The third-order valence-electron chi connectivity index (χ3n) is 3.23. The molecule has 0 fully saturated rings. The van der Waals surface area contributed by atoms with Crippen LogP contribution in [0.1, 0.15) is 18.3 Å². The summed E-state index contributed by atoms with van der Waals surface area (Å²) in [6, 6.07) is 2.44. The molecule has 0 N–H and O–H groups in total. The molecular formula is C13H11BrF3N5. The van der Waals surface area contributed by atoms with Gasteiger partial charge in [0.1, 0.15) is 4.60 Å². The third kappa shape index (κ3) is 2.49. The Balaban J connectivity index is 2.28. The molecule has 9 heteroatoms. The van der Waals surface area contributed by atoms with E-state index in [1.54, 1.807) is 17.8 Å². The number of hydrogen-bond donors (Lipinski definition) is 0. The highest BCUT2D eigenvalue weighted by Crippen LogP contribution is 2.33. The van der Waals surface area contributed by atoms with Crippen LogP contribution in [0.2, 0.25) is 0 Å². The maximum Gasteiger partial charge on any atom is 0.433 e. The fourth-order valence-corrected chi connectivity index (χ4v) is 2.58. The van der Waals surface area contributed by atoms with Gasteiger partial charge < -0.3 is 0 Å². The maximum atomic E-state index is 13.3. The van der Waals surface area contributed by atoms with E-state index < -0.39 is 11.9 Å². The molecule has 0 saturated heterocycles. The SMILES string of the molecule is CCn1cc(-c2cc(C(F)(F)F)n3nc(Br)cc3n2)c(C)n1. The molecule has 5 nitrogen and oxygen atoms in total. The van der Waals surface area contributed by atoms with Crippen LogP contribution in [-0.2, 0) is 12.7 Å². The van der Waals surface area contributed by atoms with E-state index in [1.165, 1.54) is 6.07 Å². The van der Waals surface area contributed by atoms with E-state index in [-0.39, 0.29) is 11.3 Å². The first-order valence-electron chi connectivity index (χ1n) is 6.47. The van der Waals surface area contributed by atoms with E-state index in [0.29, 0.717) is 22.4 Å². The Morgan fingerprint density at radius 1 is 1.23 bits per heavy atom. The van der Waals surface area contributed by atoms with Crippen LogP contribution in [0.3, 0.4) is 0 Å². The Bertz CT molecular complexity index is 849. The Morgan fingerprint density at radius 2 is 1.95 bits per heavy atom. The summed E-state index contributed by atoms with van der Waals surface area (Å²) < 4.78 is 42.6. The second kappa shape index (κ2) is 5.08. The number of hydrogen-bond acceptors (Lipinski definition) is 3. The van der Waals surface area contributed by atoms with Gasteiger partial charge in [0, 0.05) is 24.4 Å². The van der Waals surface area contributed by atoms with Crippen LogP contribution >= 0.6 is 15.9 Å². The zero-order valence-electron chi connectivity index (χ0n) is 11.7. The first-order valence-corrected chi connectivity index (χ1v) is 7.27. The number of fused-ring (bicyclic) bond motifs is 1. The quantitative estimate of drug-likeness (QED) is 0.687. The Morgan fingerprint density at radius 3 is 2.55 bits per heavy atom. The molecule has 0 aromatic carbocycles. The highest BCUT2D eigenvalue weighted by atomic mass is 79.9. The largest absolute Gasteiger partial charge is 0.433 e. The lowest BCUT2D eigenvalue weighted by Crippen LogP contribution is -2.13. The van der Waals surface area contributed by atoms with E-state index in [2.05, 4.69) is 31.1 Å². The van der Waals surface area contributed by atoms with Gasteiger partial charge in [-0.2, -0.15) is 23.4 Å². The fourth-order valence-electron chi connectivity index (χ4n) is 2.22.